The first-order chi connectivity index (χ1) is 7.13. The fourth-order valence-electron chi connectivity index (χ4n) is 1.46. The Labute approximate surface area is 90.2 Å². The normalized spacial score (nSPS) is 12.5. The molecule has 0 heterocycles. The van der Waals surface area contributed by atoms with Gasteiger partial charge >= 0.3 is 0 Å². The molecule has 1 rings (SSSR count). The maximum absolute atomic E-state index is 11.9. The predicted octanol–water partition coefficient (Wildman–Crippen LogP) is 2.23. The van der Waals surface area contributed by atoms with Gasteiger partial charge in [0.2, 0.25) is 0 Å². The largest absolute Gasteiger partial charge is 0.491 e. The Bertz CT molecular complexity index is 312. The molecule has 0 saturated carbocycles. The van der Waals surface area contributed by atoms with Gasteiger partial charge in [-0.2, -0.15) is 0 Å². The number of benzene rings is 1. The number of aryl methyl sites for hydroxylation is 1. The van der Waals surface area contributed by atoms with Gasteiger partial charge in [-0.1, -0.05) is 6.07 Å². The van der Waals surface area contributed by atoms with Crippen molar-refractivity contribution in [1.82, 2.24) is 0 Å². The van der Waals surface area contributed by atoms with Gasteiger partial charge in [-0.3, -0.25) is 0 Å². The van der Waals surface area contributed by atoms with Crippen molar-refractivity contribution in [2.24, 2.45) is 5.73 Å². The monoisotopic (exact) mass is 211 g/mol. The zero-order valence-corrected chi connectivity index (χ0v) is 9.29. The summed E-state index contributed by atoms with van der Waals surface area (Å²) < 4.78 is 17.1. The van der Waals surface area contributed by atoms with Gasteiger partial charge in [0.05, 0.1) is 0 Å². The van der Waals surface area contributed by atoms with E-state index in [1.165, 1.54) is 11.1 Å². The molecule has 0 unspecified atom stereocenters. The van der Waals surface area contributed by atoms with Crippen LogP contribution in [0.25, 0.3) is 0 Å². The van der Waals surface area contributed by atoms with Crippen molar-refractivity contribution in [3.8, 4) is 5.75 Å². The van der Waals surface area contributed by atoms with Crippen molar-refractivity contribution in [2.75, 3.05) is 13.3 Å². The van der Waals surface area contributed by atoms with Crippen molar-refractivity contribution in [3.05, 3.63) is 29.3 Å². The molecule has 1 atom stereocenters. The Kier molecular flexibility index (Phi) is 4.56. The zero-order valence-electron chi connectivity index (χ0n) is 9.29. The lowest BCUT2D eigenvalue weighted by Gasteiger charge is -2.11. The van der Waals surface area contributed by atoms with Crippen LogP contribution >= 0.6 is 0 Å². The molecule has 1 aromatic carbocycles. The lowest BCUT2D eigenvalue weighted by molar-refractivity contribution is 0.273. The average molecular weight is 211 g/mol. The van der Waals surface area contributed by atoms with E-state index in [4.69, 9.17) is 10.5 Å². The highest BCUT2D eigenvalue weighted by molar-refractivity contribution is 5.35. The molecule has 0 fully saturated rings. The van der Waals surface area contributed by atoms with Crippen LogP contribution in [0.4, 0.5) is 4.39 Å². The number of hydrogen-bond donors (Lipinski definition) is 1. The summed E-state index contributed by atoms with van der Waals surface area (Å²) in [7, 11) is 0. The average Bonchev–Trinajstić information content (AvgIpc) is 2.18. The van der Waals surface area contributed by atoms with Crippen LogP contribution < -0.4 is 10.5 Å². The van der Waals surface area contributed by atoms with E-state index < -0.39 is 6.67 Å². The number of rotatable bonds is 5. The number of nitrogens with two attached hydrogens (primary N) is 1. The Balaban J connectivity index is 2.75. The van der Waals surface area contributed by atoms with Gasteiger partial charge in [-0.25, -0.2) is 4.39 Å². The summed E-state index contributed by atoms with van der Waals surface area (Å²) >= 11 is 0. The van der Waals surface area contributed by atoms with Crippen molar-refractivity contribution in [1.29, 1.82) is 0 Å². The summed E-state index contributed by atoms with van der Waals surface area (Å²) in [5, 5.41) is 0. The molecule has 0 amide bonds. The molecule has 0 bridgehead atoms. The van der Waals surface area contributed by atoms with E-state index in [2.05, 4.69) is 0 Å². The zero-order chi connectivity index (χ0) is 11.3. The van der Waals surface area contributed by atoms with Gasteiger partial charge < -0.3 is 10.5 Å². The molecule has 2 N–H and O–H groups in total. The highest BCUT2D eigenvalue weighted by Gasteiger charge is 2.04. The molecule has 0 aliphatic rings. The summed E-state index contributed by atoms with van der Waals surface area (Å²) in [6, 6.07) is 5.90. The van der Waals surface area contributed by atoms with Gasteiger partial charge in [0.25, 0.3) is 0 Å². The summed E-state index contributed by atoms with van der Waals surface area (Å²) in [6.07, 6.45) is 0.818. The minimum atomic E-state index is -0.462. The van der Waals surface area contributed by atoms with Crippen LogP contribution in [-0.4, -0.2) is 19.3 Å². The summed E-state index contributed by atoms with van der Waals surface area (Å²) in [4.78, 5) is 0. The van der Waals surface area contributed by atoms with E-state index in [1.807, 2.05) is 32.0 Å². The fraction of sp³-hybridized carbons (Fsp3) is 0.500. The molecular formula is C12H18FNO. The van der Waals surface area contributed by atoms with Gasteiger partial charge in [0.1, 0.15) is 19.0 Å². The van der Waals surface area contributed by atoms with Crippen LogP contribution in [-0.2, 0) is 6.42 Å². The standard InChI is InChI=1S/C12H18FNO/c1-9-3-4-12(15-6-5-13)8-11(9)7-10(2)14/h3-4,8,10H,5-7,14H2,1-2H3/t10-/m0/s1. The number of ether oxygens (including phenoxy) is 1. The molecule has 0 radical (unpaired) electrons. The number of hydrogen-bond acceptors (Lipinski definition) is 2. The highest BCUT2D eigenvalue weighted by atomic mass is 19.1. The van der Waals surface area contributed by atoms with E-state index in [9.17, 15) is 4.39 Å². The SMILES string of the molecule is Cc1ccc(OCCF)cc1C[C@H](C)N. The molecule has 0 saturated heterocycles. The second kappa shape index (κ2) is 5.71. The summed E-state index contributed by atoms with van der Waals surface area (Å²) in [6.45, 7) is 3.66. The van der Waals surface area contributed by atoms with Crippen LogP contribution in [0.5, 0.6) is 5.75 Å². The van der Waals surface area contributed by atoms with E-state index in [0.717, 1.165) is 6.42 Å². The second-order valence-electron chi connectivity index (χ2n) is 3.81. The molecule has 1 aromatic rings. The predicted molar refractivity (Wildman–Crippen MR) is 60.0 cm³/mol. The van der Waals surface area contributed by atoms with Crippen LogP contribution in [0, 0.1) is 6.92 Å². The van der Waals surface area contributed by atoms with E-state index in [-0.39, 0.29) is 12.6 Å². The number of halogens is 1. The van der Waals surface area contributed by atoms with Crippen molar-refractivity contribution >= 4 is 0 Å². The maximum Gasteiger partial charge on any atom is 0.123 e. The van der Waals surface area contributed by atoms with Crippen LogP contribution in [0.3, 0.4) is 0 Å². The highest BCUT2D eigenvalue weighted by Crippen LogP contribution is 2.18. The van der Waals surface area contributed by atoms with Gasteiger partial charge in [-0.05, 0) is 43.5 Å². The molecule has 3 heteroatoms. The molecule has 15 heavy (non-hydrogen) atoms. The first-order valence-corrected chi connectivity index (χ1v) is 5.17. The Morgan fingerprint density at radius 2 is 2.20 bits per heavy atom. The topological polar surface area (TPSA) is 35.2 Å². The first kappa shape index (κ1) is 12.0. The van der Waals surface area contributed by atoms with Gasteiger partial charge in [0, 0.05) is 6.04 Å². The van der Waals surface area contributed by atoms with E-state index in [0.29, 0.717) is 5.75 Å². The van der Waals surface area contributed by atoms with Crippen LogP contribution in [0.15, 0.2) is 18.2 Å². The Morgan fingerprint density at radius 3 is 2.80 bits per heavy atom. The van der Waals surface area contributed by atoms with Crippen LogP contribution in [0.1, 0.15) is 18.1 Å². The fourth-order valence-corrected chi connectivity index (χ4v) is 1.46. The Hall–Kier alpha value is -1.09. The molecule has 0 spiro atoms. The molecule has 84 valence electrons. The molecular weight excluding hydrogens is 193 g/mol. The third-order valence-corrected chi connectivity index (χ3v) is 2.21. The van der Waals surface area contributed by atoms with Gasteiger partial charge in [0.15, 0.2) is 0 Å². The quantitative estimate of drug-likeness (QED) is 0.810. The molecule has 0 aromatic heterocycles. The van der Waals surface area contributed by atoms with E-state index >= 15 is 0 Å². The van der Waals surface area contributed by atoms with E-state index in [1.54, 1.807) is 0 Å². The lowest BCUT2D eigenvalue weighted by Crippen LogP contribution is -2.18. The maximum atomic E-state index is 11.9. The Morgan fingerprint density at radius 1 is 1.47 bits per heavy atom. The molecule has 2 nitrogen and oxygen atoms in total. The first-order valence-electron chi connectivity index (χ1n) is 5.17. The minimum Gasteiger partial charge on any atom is -0.491 e. The smallest absolute Gasteiger partial charge is 0.123 e. The summed E-state index contributed by atoms with van der Waals surface area (Å²) in [5.74, 6) is 0.717. The van der Waals surface area contributed by atoms with Crippen molar-refractivity contribution in [3.63, 3.8) is 0 Å². The third kappa shape index (κ3) is 3.88. The second-order valence-corrected chi connectivity index (χ2v) is 3.81. The lowest BCUT2D eigenvalue weighted by atomic mass is 10.0. The third-order valence-electron chi connectivity index (χ3n) is 2.21. The summed E-state index contributed by atoms with van der Waals surface area (Å²) in [5.41, 5.74) is 8.10. The van der Waals surface area contributed by atoms with Crippen LogP contribution in [0.2, 0.25) is 0 Å². The number of alkyl halides is 1. The molecule has 0 aliphatic carbocycles. The minimum absolute atomic E-state index is 0.112. The van der Waals surface area contributed by atoms with Crippen molar-refractivity contribution < 1.29 is 9.13 Å². The molecule has 0 aliphatic heterocycles. The van der Waals surface area contributed by atoms with Gasteiger partial charge in [-0.15, -0.1) is 0 Å². The van der Waals surface area contributed by atoms with Crippen molar-refractivity contribution in [2.45, 2.75) is 26.3 Å².